The third-order valence-corrected chi connectivity index (χ3v) is 8.20. The Bertz CT molecular complexity index is 1840. The van der Waals surface area contributed by atoms with Crippen LogP contribution in [0.1, 0.15) is 45.3 Å². The number of alkyl halides is 3. The number of fused-ring (bicyclic) bond motifs is 1. The molecule has 0 saturated carbocycles. The summed E-state index contributed by atoms with van der Waals surface area (Å²) in [5.41, 5.74) is 2.51. The minimum Gasteiger partial charge on any atom is -0.497 e. The second-order valence-electron chi connectivity index (χ2n) is 10.9. The lowest BCUT2D eigenvalue weighted by Gasteiger charge is -2.24. The van der Waals surface area contributed by atoms with Gasteiger partial charge >= 0.3 is 6.18 Å². The summed E-state index contributed by atoms with van der Waals surface area (Å²) >= 11 is 6.03. The van der Waals surface area contributed by atoms with Crippen LogP contribution in [0.25, 0.3) is 10.9 Å². The molecular weight excluding hydrogens is 617 g/mol. The Balaban J connectivity index is 1.36. The van der Waals surface area contributed by atoms with Crippen molar-refractivity contribution in [2.75, 3.05) is 20.7 Å². The molecule has 5 aromatic rings. The number of hydrogen-bond donors (Lipinski definition) is 0. The molecule has 0 N–H and O–H groups in total. The summed E-state index contributed by atoms with van der Waals surface area (Å²) in [7, 11) is 3.24. The van der Waals surface area contributed by atoms with Crippen molar-refractivity contribution in [3.05, 3.63) is 130 Å². The Morgan fingerprint density at radius 2 is 1.57 bits per heavy atom. The first kappa shape index (κ1) is 32.6. The van der Waals surface area contributed by atoms with Crippen LogP contribution in [0.2, 0.25) is 5.02 Å². The summed E-state index contributed by atoms with van der Waals surface area (Å²) in [6.07, 6.45) is -4.54. The monoisotopic (exact) mass is 648 g/mol. The molecule has 10 heteroatoms. The standard InChI is InChI=1S/C36H32ClF3N2O4/c1-23-30(31-21-29(45-3)17-18-32(31)42(23)35(44)25-9-13-27(37)14-10-25)22-34(43)41(2)20-19-33(24-7-5-4-6-8-24)46-28-15-11-26(12-16-28)36(38,39)40/h4-18,21,33H,19-20,22H2,1-3H3. The predicted octanol–water partition coefficient (Wildman–Crippen LogP) is 8.53. The maximum Gasteiger partial charge on any atom is 0.416 e. The SMILES string of the molecule is COc1ccc2c(c1)c(CC(=O)N(C)CCC(Oc1ccc(C(F)(F)F)cc1)c1ccccc1)c(C)n2C(=O)c1ccc(Cl)cc1. The molecule has 0 aliphatic carbocycles. The van der Waals surface area contributed by atoms with E-state index in [1.165, 1.54) is 12.1 Å². The van der Waals surface area contributed by atoms with Crippen molar-refractivity contribution in [3.63, 3.8) is 0 Å². The zero-order valence-electron chi connectivity index (χ0n) is 25.5. The number of nitrogens with zero attached hydrogens (tertiary/aromatic N) is 2. The fraction of sp³-hybridized carbons (Fsp3) is 0.222. The van der Waals surface area contributed by atoms with Gasteiger partial charge in [-0.15, -0.1) is 0 Å². The van der Waals surface area contributed by atoms with Gasteiger partial charge in [0.1, 0.15) is 17.6 Å². The molecule has 0 saturated heterocycles. The molecule has 1 atom stereocenters. The minimum absolute atomic E-state index is 0.0304. The highest BCUT2D eigenvalue weighted by Crippen LogP contribution is 2.33. The van der Waals surface area contributed by atoms with Crippen LogP contribution in [0.3, 0.4) is 0 Å². The number of benzene rings is 4. The number of ether oxygens (including phenoxy) is 2. The second kappa shape index (κ2) is 13.7. The molecule has 238 valence electrons. The van der Waals surface area contributed by atoms with E-state index in [2.05, 4.69) is 0 Å². The van der Waals surface area contributed by atoms with Gasteiger partial charge < -0.3 is 14.4 Å². The molecule has 1 heterocycles. The number of carbonyl (C=O) groups is 2. The maximum absolute atomic E-state index is 13.6. The number of amides is 1. The van der Waals surface area contributed by atoms with E-state index >= 15 is 0 Å². The number of halogens is 4. The number of carbonyl (C=O) groups excluding carboxylic acids is 2. The van der Waals surface area contributed by atoms with Gasteiger partial charge in [-0.25, -0.2) is 0 Å². The zero-order valence-corrected chi connectivity index (χ0v) is 26.2. The van der Waals surface area contributed by atoms with Crippen LogP contribution < -0.4 is 9.47 Å². The fourth-order valence-electron chi connectivity index (χ4n) is 5.37. The molecule has 5 rings (SSSR count). The van der Waals surface area contributed by atoms with Crippen molar-refractivity contribution in [3.8, 4) is 11.5 Å². The molecule has 0 radical (unpaired) electrons. The maximum atomic E-state index is 13.6. The molecule has 0 aliphatic heterocycles. The van der Waals surface area contributed by atoms with Crippen molar-refractivity contribution in [1.82, 2.24) is 9.47 Å². The summed E-state index contributed by atoms with van der Waals surface area (Å²) in [5.74, 6) is 0.461. The average Bonchev–Trinajstić information content (AvgIpc) is 3.32. The van der Waals surface area contributed by atoms with Crippen LogP contribution >= 0.6 is 11.6 Å². The number of hydrogen-bond acceptors (Lipinski definition) is 4. The summed E-state index contributed by atoms with van der Waals surface area (Å²) < 4.78 is 52.4. The molecule has 0 spiro atoms. The Morgan fingerprint density at radius 1 is 0.913 bits per heavy atom. The van der Waals surface area contributed by atoms with E-state index in [4.69, 9.17) is 21.1 Å². The van der Waals surface area contributed by atoms with Crippen molar-refractivity contribution in [2.24, 2.45) is 0 Å². The molecule has 1 unspecified atom stereocenters. The normalized spacial score (nSPS) is 12.2. The van der Waals surface area contributed by atoms with Crippen molar-refractivity contribution in [2.45, 2.75) is 32.0 Å². The highest BCUT2D eigenvalue weighted by molar-refractivity contribution is 6.30. The van der Waals surface area contributed by atoms with Gasteiger partial charge in [0, 0.05) is 41.7 Å². The number of aromatic nitrogens is 1. The van der Waals surface area contributed by atoms with E-state index in [1.807, 2.05) is 43.3 Å². The van der Waals surface area contributed by atoms with Crippen molar-refractivity contribution < 1.29 is 32.2 Å². The van der Waals surface area contributed by atoms with Gasteiger partial charge in [-0.2, -0.15) is 13.2 Å². The van der Waals surface area contributed by atoms with Crippen LogP contribution in [0, 0.1) is 6.92 Å². The minimum atomic E-state index is -4.45. The molecule has 1 aromatic heterocycles. The van der Waals surface area contributed by atoms with Gasteiger partial charge in [0.2, 0.25) is 5.91 Å². The number of methoxy groups -OCH3 is 1. The van der Waals surface area contributed by atoms with Gasteiger partial charge in [0.25, 0.3) is 5.91 Å². The molecule has 0 aliphatic rings. The first-order chi connectivity index (χ1) is 22.0. The van der Waals surface area contributed by atoms with E-state index in [0.717, 1.165) is 23.1 Å². The van der Waals surface area contributed by atoms with Crippen LogP contribution in [-0.4, -0.2) is 42.0 Å². The molecule has 6 nitrogen and oxygen atoms in total. The molecule has 4 aromatic carbocycles. The van der Waals surface area contributed by atoms with E-state index in [1.54, 1.807) is 60.0 Å². The average molecular weight is 649 g/mol. The summed E-state index contributed by atoms with van der Waals surface area (Å²) in [4.78, 5) is 28.9. The van der Waals surface area contributed by atoms with Crippen LogP contribution in [-0.2, 0) is 17.4 Å². The Morgan fingerprint density at radius 3 is 2.20 bits per heavy atom. The molecule has 46 heavy (non-hydrogen) atoms. The number of likely N-dealkylation sites (N-methyl/N-ethyl adjacent to an activating group) is 1. The zero-order chi connectivity index (χ0) is 33.0. The van der Waals surface area contributed by atoms with Gasteiger partial charge in [0.15, 0.2) is 0 Å². The summed E-state index contributed by atoms with van der Waals surface area (Å²) in [5, 5.41) is 1.25. The first-order valence-electron chi connectivity index (χ1n) is 14.6. The molecular formula is C36H32ClF3N2O4. The van der Waals surface area contributed by atoms with Crippen molar-refractivity contribution >= 4 is 34.3 Å². The van der Waals surface area contributed by atoms with Crippen LogP contribution in [0.5, 0.6) is 11.5 Å². The number of rotatable bonds is 10. The Hall–Kier alpha value is -4.76. The van der Waals surface area contributed by atoms with Crippen LogP contribution in [0.15, 0.2) is 97.1 Å². The fourth-order valence-corrected chi connectivity index (χ4v) is 5.49. The quantitative estimate of drug-likeness (QED) is 0.152. The van der Waals surface area contributed by atoms with E-state index in [0.29, 0.717) is 51.8 Å². The van der Waals surface area contributed by atoms with Gasteiger partial charge in [0.05, 0.1) is 24.6 Å². The largest absolute Gasteiger partial charge is 0.497 e. The van der Waals surface area contributed by atoms with Gasteiger partial charge in [-0.05, 0) is 84.8 Å². The lowest BCUT2D eigenvalue weighted by atomic mass is 10.0. The highest BCUT2D eigenvalue weighted by atomic mass is 35.5. The van der Waals surface area contributed by atoms with Gasteiger partial charge in [-0.3, -0.25) is 14.2 Å². The molecule has 1 amide bonds. The topological polar surface area (TPSA) is 60.8 Å². The predicted molar refractivity (Wildman–Crippen MR) is 172 cm³/mol. The first-order valence-corrected chi connectivity index (χ1v) is 14.9. The van der Waals surface area contributed by atoms with Crippen molar-refractivity contribution in [1.29, 1.82) is 0 Å². The lowest BCUT2D eigenvalue weighted by Crippen LogP contribution is -2.31. The summed E-state index contributed by atoms with van der Waals surface area (Å²) in [6.45, 7) is 2.12. The van der Waals surface area contributed by atoms with Crippen LogP contribution in [0.4, 0.5) is 13.2 Å². The lowest BCUT2D eigenvalue weighted by molar-refractivity contribution is -0.137. The Labute approximate surface area is 269 Å². The van der Waals surface area contributed by atoms with E-state index in [9.17, 15) is 22.8 Å². The highest BCUT2D eigenvalue weighted by Gasteiger charge is 2.30. The summed E-state index contributed by atoms with van der Waals surface area (Å²) in [6, 6.07) is 25.9. The van der Waals surface area contributed by atoms with E-state index in [-0.39, 0.29) is 18.2 Å². The Kier molecular flexibility index (Phi) is 9.72. The smallest absolute Gasteiger partial charge is 0.416 e. The third-order valence-electron chi connectivity index (χ3n) is 7.95. The van der Waals surface area contributed by atoms with Gasteiger partial charge in [-0.1, -0.05) is 41.9 Å². The molecule has 0 fully saturated rings. The molecule has 0 bridgehead atoms. The second-order valence-corrected chi connectivity index (χ2v) is 11.4. The van der Waals surface area contributed by atoms with E-state index < -0.39 is 17.8 Å². The third kappa shape index (κ3) is 7.21.